The Morgan fingerprint density at radius 2 is 1.93 bits per heavy atom. The van der Waals surface area contributed by atoms with Crippen molar-refractivity contribution in [2.75, 3.05) is 10.6 Å². The van der Waals surface area contributed by atoms with Crippen molar-refractivity contribution in [3.8, 4) is 0 Å². The van der Waals surface area contributed by atoms with Gasteiger partial charge in [0.05, 0.1) is 5.39 Å². The van der Waals surface area contributed by atoms with Crippen LogP contribution in [0.15, 0.2) is 70.6 Å². The Kier molecular flexibility index (Phi) is 5.20. The molecule has 3 heterocycles. The fraction of sp³-hybridized carbons (Fsp3) is 0.0952. The monoisotopic (exact) mass is 404 g/mol. The van der Waals surface area contributed by atoms with Gasteiger partial charge in [0.25, 0.3) is 5.56 Å². The molecule has 0 aliphatic rings. The molecule has 0 saturated heterocycles. The maximum atomic E-state index is 12.8. The second-order valence-electron chi connectivity index (χ2n) is 6.67. The van der Waals surface area contributed by atoms with Gasteiger partial charge in [-0.15, -0.1) is 0 Å². The number of hydrogen-bond donors (Lipinski definition) is 3. The van der Waals surface area contributed by atoms with E-state index in [1.807, 2.05) is 55.5 Å². The molecule has 0 radical (unpaired) electrons. The van der Waals surface area contributed by atoms with Crippen LogP contribution in [0.1, 0.15) is 5.56 Å². The molecule has 8 heteroatoms. The summed E-state index contributed by atoms with van der Waals surface area (Å²) < 4.78 is 1.54. The molecular weight excluding hydrogens is 384 g/mol. The summed E-state index contributed by atoms with van der Waals surface area (Å²) in [5.74, 6) is 1.75. The van der Waals surface area contributed by atoms with Gasteiger partial charge in [-0.2, -0.15) is 0 Å². The van der Waals surface area contributed by atoms with Crippen molar-refractivity contribution < 1.29 is 0 Å². The number of hydrogen-bond acceptors (Lipinski definition) is 7. The first-order valence-electron chi connectivity index (χ1n) is 8.97. The van der Waals surface area contributed by atoms with E-state index in [-0.39, 0.29) is 5.56 Å². The van der Waals surface area contributed by atoms with Crippen LogP contribution in [0.4, 0.5) is 23.1 Å². The van der Waals surface area contributed by atoms with Gasteiger partial charge in [0.2, 0.25) is 0 Å². The largest absolute Gasteiger partial charge is 0.339 e. The van der Waals surface area contributed by atoms with Gasteiger partial charge < -0.3 is 15.2 Å². The van der Waals surface area contributed by atoms with E-state index >= 15 is 0 Å². The van der Waals surface area contributed by atoms with Crippen molar-refractivity contribution >= 4 is 45.9 Å². The molecule has 0 spiro atoms. The summed E-state index contributed by atoms with van der Waals surface area (Å²) in [7, 11) is 1.72. The summed E-state index contributed by atoms with van der Waals surface area (Å²) in [6.07, 6.45) is 3.48. The van der Waals surface area contributed by atoms with E-state index in [0.717, 1.165) is 33.5 Å². The van der Waals surface area contributed by atoms with Gasteiger partial charge in [0, 0.05) is 30.0 Å². The molecule has 0 amide bonds. The number of nitrogens with two attached hydrogens (primary N) is 1. The van der Waals surface area contributed by atoms with Crippen molar-refractivity contribution in [3.63, 3.8) is 0 Å². The molecule has 4 N–H and O–H groups in total. The van der Waals surface area contributed by atoms with Crippen LogP contribution in [0.2, 0.25) is 0 Å². The molecule has 1 aromatic carbocycles. The van der Waals surface area contributed by atoms with Crippen molar-refractivity contribution in [2.24, 2.45) is 12.2 Å². The van der Waals surface area contributed by atoms with Gasteiger partial charge in [-0.05, 0) is 72.3 Å². The van der Waals surface area contributed by atoms with E-state index in [1.165, 1.54) is 4.57 Å². The Balaban J connectivity index is 1.83. The van der Waals surface area contributed by atoms with Gasteiger partial charge in [0.15, 0.2) is 0 Å². The zero-order valence-corrected chi connectivity index (χ0v) is 16.8. The van der Waals surface area contributed by atoms with E-state index in [4.69, 9.17) is 5.14 Å². The quantitative estimate of drug-likeness (QED) is 0.431. The summed E-state index contributed by atoms with van der Waals surface area (Å²) >= 11 is 1.16. The molecule has 0 saturated carbocycles. The van der Waals surface area contributed by atoms with Gasteiger partial charge in [-0.1, -0.05) is 6.07 Å². The summed E-state index contributed by atoms with van der Waals surface area (Å²) in [5, 5.41) is 13.5. The lowest BCUT2D eigenvalue weighted by molar-refractivity contribution is 0.873. The zero-order chi connectivity index (χ0) is 20.4. The van der Waals surface area contributed by atoms with Gasteiger partial charge in [-0.25, -0.2) is 9.97 Å². The van der Waals surface area contributed by atoms with Gasteiger partial charge in [0.1, 0.15) is 17.5 Å². The topological polar surface area (TPSA) is 97.9 Å². The Morgan fingerprint density at radius 3 is 2.72 bits per heavy atom. The van der Waals surface area contributed by atoms with Crippen LogP contribution in [-0.2, 0) is 7.05 Å². The molecule has 0 bridgehead atoms. The summed E-state index contributed by atoms with van der Waals surface area (Å²) in [4.78, 5) is 22.7. The predicted octanol–water partition coefficient (Wildman–Crippen LogP) is 4.09. The first-order valence-corrected chi connectivity index (χ1v) is 9.85. The number of pyridine rings is 3. The fourth-order valence-electron chi connectivity index (χ4n) is 3.03. The normalized spacial score (nSPS) is 10.9. The summed E-state index contributed by atoms with van der Waals surface area (Å²) in [6.45, 7) is 2.00. The Bertz CT molecular complexity index is 1250. The smallest absolute Gasteiger partial charge is 0.261 e. The number of aryl methyl sites for hydroxylation is 2. The number of aromatic nitrogens is 3. The molecule has 7 nitrogen and oxygen atoms in total. The summed E-state index contributed by atoms with van der Waals surface area (Å²) in [6, 6.07) is 15.2. The lowest BCUT2D eigenvalue weighted by atomic mass is 10.2. The molecule has 146 valence electrons. The third-order valence-corrected chi connectivity index (χ3v) is 4.99. The van der Waals surface area contributed by atoms with Gasteiger partial charge >= 0.3 is 0 Å². The van der Waals surface area contributed by atoms with Crippen LogP contribution in [0, 0.1) is 6.92 Å². The number of rotatable bonds is 5. The highest BCUT2D eigenvalue weighted by molar-refractivity contribution is 7.97. The Morgan fingerprint density at radius 1 is 1.07 bits per heavy atom. The molecule has 4 rings (SSSR count). The molecule has 0 fully saturated rings. The maximum absolute atomic E-state index is 12.8. The van der Waals surface area contributed by atoms with Crippen LogP contribution >= 0.6 is 11.9 Å². The molecule has 0 aliphatic carbocycles. The van der Waals surface area contributed by atoms with Crippen LogP contribution in [0.5, 0.6) is 0 Å². The molecule has 3 aromatic heterocycles. The minimum atomic E-state index is -0.123. The number of nitrogens with one attached hydrogen (secondary N) is 2. The second kappa shape index (κ2) is 7.94. The first-order chi connectivity index (χ1) is 14.0. The third kappa shape index (κ3) is 4.08. The molecule has 4 aromatic rings. The molecule has 0 unspecified atom stereocenters. The maximum Gasteiger partial charge on any atom is 0.261 e. The van der Waals surface area contributed by atoms with Crippen LogP contribution in [0.3, 0.4) is 0 Å². The van der Waals surface area contributed by atoms with E-state index in [2.05, 4.69) is 20.6 Å². The highest BCUT2D eigenvalue weighted by Crippen LogP contribution is 2.27. The standard InChI is InChI=1S/C21H20N6OS/c1-13-6-8-23-17(10-13)25-18-11-14-7-9-27(2)21(28)19(14)20(26-18)24-15-4-3-5-16(12-15)29-22/h3-12H,22H2,1-2H3,(H2,23,24,25,26). The number of anilines is 4. The summed E-state index contributed by atoms with van der Waals surface area (Å²) in [5.41, 5.74) is 1.76. The third-order valence-electron chi connectivity index (χ3n) is 4.47. The lowest BCUT2D eigenvalue weighted by Crippen LogP contribution is -2.17. The van der Waals surface area contributed by atoms with Crippen molar-refractivity contribution in [1.29, 1.82) is 0 Å². The average Bonchev–Trinajstić information content (AvgIpc) is 2.71. The van der Waals surface area contributed by atoms with Crippen molar-refractivity contribution in [1.82, 2.24) is 14.5 Å². The Labute approximate surface area is 172 Å². The molecule has 0 aliphatic heterocycles. The highest BCUT2D eigenvalue weighted by Gasteiger charge is 2.12. The molecular formula is C21H20N6OS. The molecule has 29 heavy (non-hydrogen) atoms. The van der Waals surface area contributed by atoms with E-state index in [0.29, 0.717) is 22.8 Å². The fourth-order valence-corrected chi connectivity index (χ4v) is 3.38. The lowest BCUT2D eigenvalue weighted by Gasteiger charge is -2.13. The van der Waals surface area contributed by atoms with Crippen LogP contribution in [-0.4, -0.2) is 14.5 Å². The van der Waals surface area contributed by atoms with Crippen LogP contribution in [0.25, 0.3) is 10.8 Å². The van der Waals surface area contributed by atoms with E-state index in [9.17, 15) is 4.79 Å². The number of nitrogens with zero attached hydrogens (tertiary/aromatic N) is 3. The van der Waals surface area contributed by atoms with E-state index in [1.54, 1.807) is 19.4 Å². The van der Waals surface area contributed by atoms with Crippen molar-refractivity contribution in [2.45, 2.75) is 11.8 Å². The Hall–Kier alpha value is -3.36. The van der Waals surface area contributed by atoms with E-state index < -0.39 is 0 Å². The SMILES string of the molecule is Cc1ccnc(Nc2cc3ccn(C)c(=O)c3c(Nc3cccc(SN)c3)n2)c1. The minimum absolute atomic E-state index is 0.123. The first kappa shape index (κ1) is 19.0. The van der Waals surface area contributed by atoms with Crippen LogP contribution < -0.4 is 21.3 Å². The number of fused-ring (bicyclic) bond motifs is 1. The van der Waals surface area contributed by atoms with Gasteiger partial charge in [-0.3, -0.25) is 9.93 Å². The predicted molar refractivity (Wildman–Crippen MR) is 119 cm³/mol. The zero-order valence-electron chi connectivity index (χ0n) is 16.0. The van der Waals surface area contributed by atoms with Crippen molar-refractivity contribution in [3.05, 3.63) is 76.8 Å². The number of benzene rings is 1. The average molecular weight is 404 g/mol. The minimum Gasteiger partial charge on any atom is -0.339 e. The second-order valence-corrected chi connectivity index (χ2v) is 7.37. The molecule has 0 atom stereocenters. The highest BCUT2D eigenvalue weighted by atomic mass is 32.2.